The van der Waals surface area contributed by atoms with Crippen LogP contribution in [-0.2, 0) is 0 Å². The lowest BCUT2D eigenvalue weighted by Gasteiger charge is -2.15. The molecule has 2 atom stereocenters. The Kier molecular flexibility index (Phi) is 3.41. The topological polar surface area (TPSA) is 88.0 Å². The highest BCUT2D eigenvalue weighted by Gasteiger charge is 2.22. The second-order valence-corrected chi connectivity index (χ2v) is 3.17. The Bertz CT molecular complexity index is 443. The van der Waals surface area contributed by atoms with Gasteiger partial charge in [0.25, 0.3) is 0 Å². The first-order chi connectivity index (χ1) is 7.11. The van der Waals surface area contributed by atoms with Crippen molar-refractivity contribution in [2.45, 2.75) is 19.1 Å². The summed E-state index contributed by atoms with van der Waals surface area (Å²) in [6, 6.07) is 8.39. The largest absolute Gasteiger partial charge is 0.384 e. The maximum absolute atomic E-state index is 9.66. The van der Waals surface area contributed by atoms with Gasteiger partial charge >= 0.3 is 0 Å². The van der Waals surface area contributed by atoms with Crippen molar-refractivity contribution in [2.24, 2.45) is 0 Å². The number of rotatable bonds is 2. The number of aliphatic hydroxyl groups excluding tert-OH is 2. The fraction of sp³-hybridized carbons (Fsp3) is 0.273. The number of hydrogen-bond donors (Lipinski definition) is 2. The van der Waals surface area contributed by atoms with Crippen LogP contribution in [0.4, 0.5) is 0 Å². The van der Waals surface area contributed by atoms with Gasteiger partial charge in [-0.05, 0) is 18.6 Å². The van der Waals surface area contributed by atoms with Gasteiger partial charge in [0.15, 0.2) is 6.10 Å². The molecule has 0 aliphatic carbocycles. The fourth-order valence-corrected chi connectivity index (χ4v) is 1.40. The molecule has 0 saturated carbocycles. The van der Waals surface area contributed by atoms with Gasteiger partial charge in [0, 0.05) is 5.56 Å². The molecule has 0 radical (unpaired) electrons. The molecule has 1 aromatic carbocycles. The van der Waals surface area contributed by atoms with E-state index >= 15 is 0 Å². The van der Waals surface area contributed by atoms with E-state index in [1.54, 1.807) is 19.1 Å². The molecule has 0 saturated heterocycles. The third-order valence-electron chi connectivity index (χ3n) is 2.17. The molecule has 1 aromatic rings. The van der Waals surface area contributed by atoms with Gasteiger partial charge in [-0.1, -0.05) is 12.1 Å². The lowest BCUT2D eigenvalue weighted by molar-refractivity contribution is 0.0522. The van der Waals surface area contributed by atoms with Crippen LogP contribution in [0.3, 0.4) is 0 Å². The number of aryl methyl sites for hydroxylation is 1. The van der Waals surface area contributed by atoms with Crippen LogP contribution in [0.2, 0.25) is 0 Å². The third-order valence-corrected chi connectivity index (χ3v) is 2.17. The minimum Gasteiger partial charge on any atom is -0.384 e. The molecular formula is C11H10N2O2. The van der Waals surface area contributed by atoms with Crippen LogP contribution in [0.1, 0.15) is 22.8 Å². The number of nitrogens with zero attached hydrogens (tertiary/aromatic N) is 2. The quantitative estimate of drug-likeness (QED) is 0.694. The van der Waals surface area contributed by atoms with Crippen LogP contribution in [0.5, 0.6) is 0 Å². The zero-order valence-corrected chi connectivity index (χ0v) is 8.18. The van der Waals surface area contributed by atoms with Crippen LogP contribution in [0.15, 0.2) is 18.2 Å². The molecule has 0 amide bonds. The van der Waals surface area contributed by atoms with Gasteiger partial charge in [-0.2, -0.15) is 10.5 Å². The Balaban J connectivity index is 3.25. The molecule has 0 aromatic heterocycles. The van der Waals surface area contributed by atoms with Crippen molar-refractivity contribution in [3.63, 3.8) is 0 Å². The Morgan fingerprint density at radius 3 is 2.47 bits per heavy atom. The molecule has 0 fully saturated rings. The highest BCUT2D eigenvalue weighted by molar-refractivity contribution is 5.44. The summed E-state index contributed by atoms with van der Waals surface area (Å²) in [7, 11) is 0. The van der Waals surface area contributed by atoms with Crippen LogP contribution >= 0.6 is 0 Å². The predicted molar refractivity (Wildman–Crippen MR) is 52.5 cm³/mol. The van der Waals surface area contributed by atoms with Crippen LogP contribution in [-0.4, -0.2) is 16.3 Å². The summed E-state index contributed by atoms with van der Waals surface area (Å²) >= 11 is 0. The highest BCUT2D eigenvalue weighted by Crippen LogP contribution is 2.24. The normalized spacial score (nSPS) is 13.7. The first-order valence-corrected chi connectivity index (χ1v) is 4.37. The SMILES string of the molecule is Cc1cccc(C#N)c1C(O)C(O)C#N. The maximum atomic E-state index is 9.66. The summed E-state index contributed by atoms with van der Waals surface area (Å²) in [5, 5.41) is 36.2. The molecule has 0 spiro atoms. The molecule has 4 heteroatoms. The Labute approximate surface area is 87.6 Å². The molecule has 0 bridgehead atoms. The molecule has 76 valence electrons. The van der Waals surface area contributed by atoms with Crippen molar-refractivity contribution in [1.29, 1.82) is 10.5 Å². The lowest BCUT2D eigenvalue weighted by atomic mass is 9.95. The molecule has 0 heterocycles. The van der Waals surface area contributed by atoms with Crippen molar-refractivity contribution in [2.75, 3.05) is 0 Å². The van der Waals surface area contributed by atoms with Crippen molar-refractivity contribution in [1.82, 2.24) is 0 Å². The van der Waals surface area contributed by atoms with Crippen molar-refractivity contribution in [3.05, 3.63) is 34.9 Å². The fourth-order valence-electron chi connectivity index (χ4n) is 1.40. The van der Waals surface area contributed by atoms with Gasteiger partial charge in [0.2, 0.25) is 0 Å². The van der Waals surface area contributed by atoms with E-state index in [2.05, 4.69) is 0 Å². The average molecular weight is 202 g/mol. The van der Waals surface area contributed by atoms with Gasteiger partial charge in [-0.3, -0.25) is 0 Å². The molecule has 2 N–H and O–H groups in total. The van der Waals surface area contributed by atoms with E-state index in [1.165, 1.54) is 12.1 Å². The van der Waals surface area contributed by atoms with E-state index in [9.17, 15) is 10.2 Å². The molecular weight excluding hydrogens is 192 g/mol. The highest BCUT2D eigenvalue weighted by atomic mass is 16.3. The summed E-state index contributed by atoms with van der Waals surface area (Å²) in [5.74, 6) is 0. The number of benzene rings is 1. The van der Waals surface area contributed by atoms with E-state index in [-0.39, 0.29) is 5.56 Å². The first-order valence-electron chi connectivity index (χ1n) is 4.37. The van der Waals surface area contributed by atoms with E-state index in [0.717, 1.165) is 0 Å². The molecule has 2 unspecified atom stereocenters. The van der Waals surface area contributed by atoms with Gasteiger partial charge in [-0.25, -0.2) is 0 Å². The Hall–Kier alpha value is -1.88. The summed E-state index contributed by atoms with van der Waals surface area (Å²) < 4.78 is 0. The van der Waals surface area contributed by atoms with Crippen LogP contribution in [0, 0.1) is 29.6 Å². The number of aliphatic hydroxyl groups is 2. The van der Waals surface area contributed by atoms with Gasteiger partial charge in [-0.15, -0.1) is 0 Å². The molecule has 4 nitrogen and oxygen atoms in total. The summed E-state index contributed by atoms with van der Waals surface area (Å²) in [6.45, 7) is 1.71. The van der Waals surface area contributed by atoms with Crippen molar-refractivity contribution in [3.8, 4) is 12.1 Å². The van der Waals surface area contributed by atoms with Crippen LogP contribution < -0.4 is 0 Å². The minimum absolute atomic E-state index is 0.275. The molecule has 0 aliphatic rings. The standard InChI is InChI=1S/C11H10N2O2/c1-7-3-2-4-8(5-12)10(7)11(15)9(14)6-13/h2-4,9,11,14-15H,1H3. The van der Waals surface area contributed by atoms with E-state index < -0.39 is 12.2 Å². The molecule has 1 rings (SSSR count). The predicted octanol–water partition coefficient (Wildman–Crippen LogP) is 0.785. The summed E-state index contributed by atoms with van der Waals surface area (Å²) in [5.41, 5.74) is 1.27. The Morgan fingerprint density at radius 1 is 1.27 bits per heavy atom. The lowest BCUT2D eigenvalue weighted by Crippen LogP contribution is -2.18. The average Bonchev–Trinajstić information content (AvgIpc) is 2.26. The zero-order valence-electron chi connectivity index (χ0n) is 8.18. The number of nitriles is 2. The summed E-state index contributed by atoms with van der Waals surface area (Å²) in [6.07, 6.45) is -2.86. The van der Waals surface area contributed by atoms with E-state index in [0.29, 0.717) is 11.1 Å². The van der Waals surface area contributed by atoms with Crippen molar-refractivity contribution >= 4 is 0 Å². The minimum atomic E-state index is -1.52. The maximum Gasteiger partial charge on any atom is 0.170 e. The van der Waals surface area contributed by atoms with Gasteiger partial charge in [0.1, 0.15) is 6.10 Å². The second kappa shape index (κ2) is 4.56. The zero-order chi connectivity index (χ0) is 11.4. The first kappa shape index (κ1) is 11.2. The number of hydrogen-bond acceptors (Lipinski definition) is 4. The third kappa shape index (κ3) is 2.13. The molecule has 15 heavy (non-hydrogen) atoms. The van der Waals surface area contributed by atoms with Gasteiger partial charge < -0.3 is 10.2 Å². The van der Waals surface area contributed by atoms with E-state index in [4.69, 9.17) is 10.5 Å². The Morgan fingerprint density at radius 2 is 1.93 bits per heavy atom. The smallest absolute Gasteiger partial charge is 0.170 e. The summed E-state index contributed by atoms with van der Waals surface area (Å²) in [4.78, 5) is 0. The monoisotopic (exact) mass is 202 g/mol. The van der Waals surface area contributed by atoms with Crippen molar-refractivity contribution < 1.29 is 10.2 Å². The second-order valence-electron chi connectivity index (χ2n) is 3.17. The molecule has 0 aliphatic heterocycles. The van der Waals surface area contributed by atoms with Crippen LogP contribution in [0.25, 0.3) is 0 Å². The van der Waals surface area contributed by atoms with Gasteiger partial charge in [0.05, 0.1) is 17.7 Å². The van der Waals surface area contributed by atoms with E-state index in [1.807, 2.05) is 6.07 Å².